The Morgan fingerprint density at radius 2 is 2.05 bits per heavy atom. The summed E-state index contributed by atoms with van der Waals surface area (Å²) in [6.45, 7) is 2.39. The lowest BCUT2D eigenvalue weighted by atomic mass is 10.0. The third-order valence-corrected chi connectivity index (χ3v) is 3.66. The molecule has 0 saturated heterocycles. The van der Waals surface area contributed by atoms with Crippen LogP contribution in [0.3, 0.4) is 0 Å². The van der Waals surface area contributed by atoms with E-state index in [1.807, 2.05) is 13.1 Å². The van der Waals surface area contributed by atoms with Crippen molar-refractivity contribution in [2.24, 2.45) is 0 Å². The first-order chi connectivity index (χ1) is 9.61. The van der Waals surface area contributed by atoms with Crippen LogP contribution in [0.1, 0.15) is 18.9 Å². The first-order valence-corrected chi connectivity index (χ1v) is 6.89. The van der Waals surface area contributed by atoms with Crippen molar-refractivity contribution in [3.8, 4) is 5.75 Å². The molecular weight excluding hydrogens is 250 g/mol. The molecule has 0 atom stereocenters. The predicted octanol–water partition coefficient (Wildman–Crippen LogP) is 3.26. The lowest BCUT2D eigenvalue weighted by molar-refractivity contribution is -0.127. The van der Waals surface area contributed by atoms with Crippen molar-refractivity contribution in [2.75, 3.05) is 20.7 Å². The number of carbonyl (C=O) groups excluding carboxylic acids is 1. The molecule has 0 bridgehead atoms. The second kappa shape index (κ2) is 6.42. The van der Waals surface area contributed by atoms with E-state index in [9.17, 15) is 4.79 Å². The standard InChI is InChI=1S/C17H21NO2/c1-13(19)18(2)11-5-8-14-6-4-7-15-9-10-16(20-3)12-17(14)15/h4,6-7,9-10,12H,5,8,11H2,1-3H3. The monoisotopic (exact) mass is 271 g/mol. The van der Waals surface area contributed by atoms with Crippen LogP contribution >= 0.6 is 0 Å². The SMILES string of the molecule is COc1ccc2cccc(CCCN(C)C(C)=O)c2c1. The van der Waals surface area contributed by atoms with E-state index in [4.69, 9.17) is 4.74 Å². The smallest absolute Gasteiger partial charge is 0.219 e. The zero-order valence-electron chi connectivity index (χ0n) is 12.3. The topological polar surface area (TPSA) is 29.5 Å². The third kappa shape index (κ3) is 3.29. The summed E-state index contributed by atoms with van der Waals surface area (Å²) < 4.78 is 5.30. The van der Waals surface area contributed by atoms with E-state index < -0.39 is 0 Å². The maximum absolute atomic E-state index is 11.2. The van der Waals surface area contributed by atoms with Crippen LogP contribution in [-0.4, -0.2) is 31.5 Å². The fourth-order valence-electron chi connectivity index (χ4n) is 2.33. The number of rotatable bonds is 5. The molecule has 106 valence electrons. The van der Waals surface area contributed by atoms with Gasteiger partial charge in [0.15, 0.2) is 0 Å². The first kappa shape index (κ1) is 14.4. The number of hydrogen-bond donors (Lipinski definition) is 0. The largest absolute Gasteiger partial charge is 0.497 e. The highest BCUT2D eigenvalue weighted by Gasteiger charge is 2.05. The van der Waals surface area contributed by atoms with Gasteiger partial charge in [-0.1, -0.05) is 24.3 Å². The zero-order valence-corrected chi connectivity index (χ0v) is 12.3. The number of nitrogens with zero attached hydrogens (tertiary/aromatic N) is 1. The molecule has 20 heavy (non-hydrogen) atoms. The van der Waals surface area contributed by atoms with Gasteiger partial charge in [0.2, 0.25) is 5.91 Å². The number of benzene rings is 2. The molecule has 0 heterocycles. The molecule has 2 aromatic rings. The Kier molecular flexibility index (Phi) is 4.61. The third-order valence-electron chi connectivity index (χ3n) is 3.66. The van der Waals surface area contributed by atoms with Crippen LogP contribution in [-0.2, 0) is 11.2 Å². The summed E-state index contributed by atoms with van der Waals surface area (Å²) in [6.07, 6.45) is 1.93. The average Bonchev–Trinajstić information content (AvgIpc) is 2.46. The molecule has 1 amide bonds. The minimum atomic E-state index is 0.115. The highest BCUT2D eigenvalue weighted by Crippen LogP contribution is 2.24. The van der Waals surface area contributed by atoms with Crippen molar-refractivity contribution in [3.63, 3.8) is 0 Å². The molecule has 0 unspecified atom stereocenters. The molecule has 3 nitrogen and oxygen atoms in total. The fourth-order valence-corrected chi connectivity index (χ4v) is 2.33. The van der Waals surface area contributed by atoms with Gasteiger partial charge in [-0.05, 0) is 41.3 Å². The van der Waals surface area contributed by atoms with E-state index in [1.54, 1.807) is 18.9 Å². The fraction of sp³-hybridized carbons (Fsp3) is 0.353. The Balaban J connectivity index is 2.15. The van der Waals surface area contributed by atoms with Gasteiger partial charge < -0.3 is 9.64 Å². The van der Waals surface area contributed by atoms with Gasteiger partial charge in [0.05, 0.1) is 7.11 Å². The van der Waals surface area contributed by atoms with Crippen LogP contribution in [0.5, 0.6) is 5.75 Å². The summed E-state index contributed by atoms with van der Waals surface area (Å²) in [5, 5.41) is 2.46. The molecule has 0 aliphatic carbocycles. The van der Waals surface area contributed by atoms with Crippen molar-refractivity contribution in [2.45, 2.75) is 19.8 Å². The second-order valence-electron chi connectivity index (χ2n) is 5.05. The summed E-state index contributed by atoms with van der Waals surface area (Å²) >= 11 is 0. The summed E-state index contributed by atoms with van der Waals surface area (Å²) in [5.74, 6) is 0.996. The van der Waals surface area contributed by atoms with Crippen molar-refractivity contribution in [1.29, 1.82) is 0 Å². The highest BCUT2D eigenvalue weighted by atomic mass is 16.5. The summed E-state index contributed by atoms with van der Waals surface area (Å²) in [4.78, 5) is 12.9. The van der Waals surface area contributed by atoms with E-state index in [1.165, 1.54) is 16.3 Å². The van der Waals surface area contributed by atoms with Gasteiger partial charge in [0.25, 0.3) is 0 Å². The number of amides is 1. The maximum Gasteiger partial charge on any atom is 0.219 e. The molecule has 0 aliphatic rings. The van der Waals surface area contributed by atoms with Crippen LogP contribution in [0.15, 0.2) is 36.4 Å². The van der Waals surface area contributed by atoms with Crippen molar-refractivity contribution in [1.82, 2.24) is 4.90 Å². The van der Waals surface area contributed by atoms with Gasteiger partial charge in [0, 0.05) is 20.5 Å². The molecule has 0 spiro atoms. The van der Waals surface area contributed by atoms with E-state index in [2.05, 4.69) is 30.3 Å². The minimum Gasteiger partial charge on any atom is -0.497 e. The van der Waals surface area contributed by atoms with Crippen LogP contribution in [0.25, 0.3) is 10.8 Å². The van der Waals surface area contributed by atoms with E-state index in [0.717, 1.165) is 25.1 Å². The van der Waals surface area contributed by atoms with Crippen molar-refractivity contribution >= 4 is 16.7 Å². The van der Waals surface area contributed by atoms with E-state index >= 15 is 0 Å². The van der Waals surface area contributed by atoms with Gasteiger partial charge >= 0.3 is 0 Å². The molecular formula is C17H21NO2. The molecule has 2 rings (SSSR count). The number of carbonyl (C=O) groups is 1. The van der Waals surface area contributed by atoms with Gasteiger partial charge in [-0.3, -0.25) is 4.79 Å². The molecule has 0 N–H and O–H groups in total. The lowest BCUT2D eigenvalue weighted by Gasteiger charge is -2.15. The van der Waals surface area contributed by atoms with Gasteiger partial charge in [-0.2, -0.15) is 0 Å². The molecule has 0 aromatic heterocycles. The van der Waals surface area contributed by atoms with Crippen molar-refractivity contribution in [3.05, 3.63) is 42.0 Å². The van der Waals surface area contributed by atoms with Crippen LogP contribution in [0.4, 0.5) is 0 Å². The molecule has 2 aromatic carbocycles. The summed E-state index contributed by atoms with van der Waals surface area (Å²) in [7, 11) is 3.53. The summed E-state index contributed by atoms with van der Waals surface area (Å²) in [5.41, 5.74) is 1.30. The minimum absolute atomic E-state index is 0.115. The Hall–Kier alpha value is -2.03. The number of methoxy groups -OCH3 is 1. The zero-order chi connectivity index (χ0) is 14.5. The van der Waals surface area contributed by atoms with Crippen molar-refractivity contribution < 1.29 is 9.53 Å². The van der Waals surface area contributed by atoms with E-state index in [0.29, 0.717) is 0 Å². The Bertz CT molecular complexity index is 607. The Labute approximate surface area is 120 Å². The molecule has 0 fully saturated rings. The van der Waals surface area contributed by atoms with E-state index in [-0.39, 0.29) is 5.91 Å². The lowest BCUT2D eigenvalue weighted by Crippen LogP contribution is -2.25. The average molecular weight is 271 g/mol. The maximum atomic E-state index is 11.2. The quantitative estimate of drug-likeness (QED) is 0.835. The van der Waals surface area contributed by atoms with Gasteiger partial charge in [0.1, 0.15) is 5.75 Å². The summed E-state index contributed by atoms with van der Waals surface area (Å²) in [6, 6.07) is 12.5. The van der Waals surface area contributed by atoms with Gasteiger partial charge in [-0.15, -0.1) is 0 Å². The second-order valence-corrected chi connectivity index (χ2v) is 5.05. The molecule has 0 saturated carbocycles. The molecule has 3 heteroatoms. The normalized spacial score (nSPS) is 10.6. The Morgan fingerprint density at radius 3 is 2.75 bits per heavy atom. The van der Waals surface area contributed by atoms with Crippen LogP contribution < -0.4 is 4.74 Å². The predicted molar refractivity (Wildman–Crippen MR) is 82.1 cm³/mol. The Morgan fingerprint density at radius 1 is 1.25 bits per heavy atom. The number of fused-ring (bicyclic) bond motifs is 1. The number of ether oxygens (including phenoxy) is 1. The molecule has 0 radical (unpaired) electrons. The van der Waals surface area contributed by atoms with Crippen LogP contribution in [0.2, 0.25) is 0 Å². The van der Waals surface area contributed by atoms with Crippen LogP contribution in [0, 0.1) is 0 Å². The first-order valence-electron chi connectivity index (χ1n) is 6.89. The number of aryl methyl sites for hydroxylation is 1. The number of hydrogen-bond acceptors (Lipinski definition) is 2. The van der Waals surface area contributed by atoms with Gasteiger partial charge in [-0.25, -0.2) is 0 Å². The molecule has 0 aliphatic heterocycles. The highest BCUT2D eigenvalue weighted by molar-refractivity contribution is 5.87.